The van der Waals surface area contributed by atoms with Crippen LogP contribution in [-0.2, 0) is 11.3 Å². The molecule has 0 unspecified atom stereocenters. The van der Waals surface area contributed by atoms with Crippen LogP contribution >= 0.6 is 0 Å². The third-order valence-electron chi connectivity index (χ3n) is 4.24. The SMILES string of the molecule is O=C(NCCCOc1ccccc1)NCc1cccnc1N1CCOCC1. The Labute approximate surface area is 159 Å². The van der Waals surface area contributed by atoms with Crippen LogP contribution in [-0.4, -0.2) is 50.5 Å². The Morgan fingerprint density at radius 2 is 1.93 bits per heavy atom. The number of hydrogen-bond donors (Lipinski definition) is 2. The molecule has 144 valence electrons. The molecule has 2 N–H and O–H groups in total. The van der Waals surface area contributed by atoms with E-state index in [4.69, 9.17) is 9.47 Å². The van der Waals surface area contributed by atoms with Crippen molar-refractivity contribution in [2.45, 2.75) is 13.0 Å². The largest absolute Gasteiger partial charge is 0.494 e. The maximum Gasteiger partial charge on any atom is 0.315 e. The summed E-state index contributed by atoms with van der Waals surface area (Å²) in [5, 5.41) is 5.75. The Bertz CT molecular complexity index is 705. The molecule has 0 radical (unpaired) electrons. The fourth-order valence-corrected chi connectivity index (χ4v) is 2.85. The number of nitrogens with one attached hydrogen (secondary N) is 2. The minimum absolute atomic E-state index is 0.188. The molecule has 2 heterocycles. The summed E-state index contributed by atoms with van der Waals surface area (Å²) in [5.41, 5.74) is 1.00. The summed E-state index contributed by atoms with van der Waals surface area (Å²) < 4.78 is 11.0. The van der Waals surface area contributed by atoms with Crippen LogP contribution in [0.4, 0.5) is 10.6 Å². The van der Waals surface area contributed by atoms with Crippen molar-refractivity contribution in [1.82, 2.24) is 15.6 Å². The average Bonchev–Trinajstić information content (AvgIpc) is 2.73. The van der Waals surface area contributed by atoms with Crippen molar-refractivity contribution in [3.63, 3.8) is 0 Å². The van der Waals surface area contributed by atoms with Gasteiger partial charge in [0.25, 0.3) is 0 Å². The van der Waals surface area contributed by atoms with E-state index in [1.165, 1.54) is 0 Å². The van der Waals surface area contributed by atoms with Gasteiger partial charge >= 0.3 is 6.03 Å². The molecular weight excluding hydrogens is 344 g/mol. The number of morpholine rings is 1. The van der Waals surface area contributed by atoms with Crippen LogP contribution in [0.2, 0.25) is 0 Å². The van der Waals surface area contributed by atoms with Gasteiger partial charge in [-0.2, -0.15) is 0 Å². The highest BCUT2D eigenvalue weighted by molar-refractivity contribution is 5.74. The summed E-state index contributed by atoms with van der Waals surface area (Å²) in [7, 11) is 0. The topological polar surface area (TPSA) is 75.7 Å². The molecule has 1 aliphatic heterocycles. The van der Waals surface area contributed by atoms with Crippen molar-refractivity contribution >= 4 is 11.8 Å². The lowest BCUT2D eigenvalue weighted by Gasteiger charge is -2.29. The van der Waals surface area contributed by atoms with Gasteiger partial charge in [-0.25, -0.2) is 9.78 Å². The van der Waals surface area contributed by atoms with Crippen molar-refractivity contribution in [2.75, 3.05) is 44.4 Å². The zero-order valence-corrected chi connectivity index (χ0v) is 15.4. The third-order valence-corrected chi connectivity index (χ3v) is 4.24. The lowest BCUT2D eigenvalue weighted by Crippen LogP contribution is -2.39. The van der Waals surface area contributed by atoms with Crippen molar-refractivity contribution in [3.05, 3.63) is 54.2 Å². The van der Waals surface area contributed by atoms with Crippen LogP contribution in [0.25, 0.3) is 0 Å². The molecule has 7 heteroatoms. The van der Waals surface area contributed by atoms with E-state index in [0.29, 0.717) is 32.9 Å². The lowest BCUT2D eigenvalue weighted by atomic mass is 10.2. The predicted octanol–water partition coefficient (Wildman–Crippen LogP) is 2.19. The van der Waals surface area contributed by atoms with E-state index in [1.807, 2.05) is 42.5 Å². The minimum Gasteiger partial charge on any atom is -0.494 e. The molecule has 2 aromatic rings. The summed E-state index contributed by atoms with van der Waals surface area (Å²) >= 11 is 0. The van der Waals surface area contributed by atoms with Gasteiger partial charge in [-0.1, -0.05) is 24.3 Å². The monoisotopic (exact) mass is 370 g/mol. The molecule has 0 bridgehead atoms. The summed E-state index contributed by atoms with van der Waals surface area (Å²) in [6.45, 7) is 4.60. The minimum atomic E-state index is -0.188. The number of pyridine rings is 1. The number of carbonyl (C=O) groups excluding carboxylic acids is 1. The summed E-state index contributed by atoms with van der Waals surface area (Å²) in [6, 6.07) is 13.3. The zero-order valence-electron chi connectivity index (χ0n) is 15.4. The van der Waals surface area contributed by atoms with Crippen LogP contribution in [0.1, 0.15) is 12.0 Å². The van der Waals surface area contributed by atoms with Crippen LogP contribution in [0.15, 0.2) is 48.7 Å². The van der Waals surface area contributed by atoms with Gasteiger partial charge < -0.3 is 25.0 Å². The van der Waals surface area contributed by atoms with E-state index in [9.17, 15) is 4.79 Å². The molecule has 7 nitrogen and oxygen atoms in total. The molecule has 0 spiro atoms. The number of hydrogen-bond acceptors (Lipinski definition) is 5. The van der Waals surface area contributed by atoms with Crippen LogP contribution in [0.3, 0.4) is 0 Å². The van der Waals surface area contributed by atoms with Crippen molar-refractivity contribution in [3.8, 4) is 5.75 Å². The molecule has 1 aliphatic rings. The molecule has 0 atom stereocenters. The van der Waals surface area contributed by atoms with Gasteiger partial charge in [-0.3, -0.25) is 0 Å². The van der Waals surface area contributed by atoms with E-state index in [1.54, 1.807) is 6.20 Å². The van der Waals surface area contributed by atoms with Crippen molar-refractivity contribution in [2.24, 2.45) is 0 Å². The molecule has 3 rings (SSSR count). The Balaban J connectivity index is 1.36. The maximum absolute atomic E-state index is 12.0. The maximum atomic E-state index is 12.0. The first-order valence-corrected chi connectivity index (χ1v) is 9.29. The molecule has 1 aromatic carbocycles. The fourth-order valence-electron chi connectivity index (χ4n) is 2.85. The van der Waals surface area contributed by atoms with Gasteiger partial charge in [0.2, 0.25) is 0 Å². The van der Waals surface area contributed by atoms with E-state index in [-0.39, 0.29) is 6.03 Å². The molecule has 2 amide bonds. The standard InChI is InChI=1S/C20H26N4O3/c25-20(22-10-5-13-27-18-7-2-1-3-8-18)23-16-17-6-4-9-21-19(17)24-11-14-26-15-12-24/h1-4,6-9H,5,10-16H2,(H2,22,23,25). The molecule has 0 aliphatic carbocycles. The molecule has 27 heavy (non-hydrogen) atoms. The third kappa shape index (κ3) is 6.14. The van der Waals surface area contributed by atoms with E-state index in [0.717, 1.165) is 36.6 Å². The number of nitrogens with zero attached hydrogens (tertiary/aromatic N) is 2. The van der Waals surface area contributed by atoms with E-state index >= 15 is 0 Å². The molecule has 1 aromatic heterocycles. The summed E-state index contributed by atoms with van der Waals surface area (Å²) in [5.74, 6) is 1.76. The quantitative estimate of drug-likeness (QED) is 0.697. The van der Waals surface area contributed by atoms with Crippen LogP contribution < -0.4 is 20.3 Å². The first-order chi connectivity index (χ1) is 13.3. The van der Waals surface area contributed by atoms with E-state index in [2.05, 4.69) is 20.5 Å². The lowest BCUT2D eigenvalue weighted by molar-refractivity contribution is 0.122. The number of benzene rings is 1. The summed E-state index contributed by atoms with van der Waals surface area (Å²) in [6.07, 6.45) is 2.52. The fraction of sp³-hybridized carbons (Fsp3) is 0.400. The average molecular weight is 370 g/mol. The van der Waals surface area contributed by atoms with Crippen LogP contribution in [0.5, 0.6) is 5.75 Å². The second-order valence-corrected chi connectivity index (χ2v) is 6.21. The number of urea groups is 1. The Hall–Kier alpha value is -2.80. The second kappa shape index (κ2) is 10.4. The first-order valence-electron chi connectivity index (χ1n) is 9.29. The Morgan fingerprint density at radius 1 is 1.11 bits per heavy atom. The predicted molar refractivity (Wildman–Crippen MR) is 104 cm³/mol. The highest BCUT2D eigenvalue weighted by Gasteiger charge is 2.16. The number of carbonyl (C=O) groups is 1. The van der Waals surface area contributed by atoms with Crippen LogP contribution in [0, 0.1) is 0 Å². The van der Waals surface area contributed by atoms with Gasteiger partial charge in [0.1, 0.15) is 11.6 Å². The highest BCUT2D eigenvalue weighted by Crippen LogP contribution is 2.18. The van der Waals surface area contributed by atoms with Crippen molar-refractivity contribution in [1.29, 1.82) is 0 Å². The van der Waals surface area contributed by atoms with Gasteiger partial charge in [-0.05, 0) is 24.6 Å². The van der Waals surface area contributed by atoms with Crippen molar-refractivity contribution < 1.29 is 14.3 Å². The molecule has 1 saturated heterocycles. The number of rotatable bonds is 8. The van der Waals surface area contributed by atoms with Gasteiger partial charge in [0, 0.05) is 37.9 Å². The van der Waals surface area contributed by atoms with Gasteiger partial charge in [-0.15, -0.1) is 0 Å². The normalized spacial score (nSPS) is 13.9. The number of anilines is 1. The first kappa shape index (κ1) is 19.0. The van der Waals surface area contributed by atoms with E-state index < -0.39 is 0 Å². The Morgan fingerprint density at radius 3 is 2.74 bits per heavy atom. The number of para-hydroxylation sites is 1. The second-order valence-electron chi connectivity index (χ2n) is 6.21. The smallest absolute Gasteiger partial charge is 0.315 e. The number of aromatic nitrogens is 1. The number of amides is 2. The molecule has 0 saturated carbocycles. The Kier molecular flexibility index (Phi) is 7.29. The highest BCUT2D eigenvalue weighted by atomic mass is 16.5. The van der Waals surface area contributed by atoms with Gasteiger partial charge in [0.05, 0.1) is 19.8 Å². The molecule has 1 fully saturated rings. The number of ether oxygens (including phenoxy) is 2. The zero-order chi connectivity index (χ0) is 18.7. The summed E-state index contributed by atoms with van der Waals surface area (Å²) in [4.78, 5) is 18.7. The molecular formula is C20H26N4O3. The van der Waals surface area contributed by atoms with Gasteiger partial charge in [0.15, 0.2) is 0 Å².